The summed E-state index contributed by atoms with van der Waals surface area (Å²) in [6.45, 7) is 3.40. The number of carbonyl (C=O) groups excluding carboxylic acids is 2. The van der Waals surface area contributed by atoms with Crippen molar-refractivity contribution in [3.05, 3.63) is 0 Å². The lowest BCUT2D eigenvalue weighted by atomic mass is 10.3. The molecule has 0 aromatic rings. The topological polar surface area (TPSA) is 75.4 Å². The van der Waals surface area contributed by atoms with Crippen LogP contribution < -0.4 is 11.1 Å². The molecule has 1 unspecified atom stereocenters. The standard InChI is InChI=1S/C8H15N3O2/c1-6-5-11(3-2-9)8(13)4-7(12)10-6/h6H,2-5,9H2,1H3,(H,10,12). The van der Waals surface area contributed by atoms with Crippen LogP contribution in [0.1, 0.15) is 13.3 Å². The summed E-state index contributed by atoms with van der Waals surface area (Å²) in [5, 5.41) is 2.72. The Balaban J connectivity index is 2.62. The van der Waals surface area contributed by atoms with E-state index in [1.165, 1.54) is 0 Å². The van der Waals surface area contributed by atoms with Gasteiger partial charge in [-0.05, 0) is 6.92 Å². The van der Waals surface area contributed by atoms with Crippen molar-refractivity contribution in [2.45, 2.75) is 19.4 Å². The lowest BCUT2D eigenvalue weighted by Gasteiger charge is -2.21. The van der Waals surface area contributed by atoms with E-state index in [1.54, 1.807) is 4.90 Å². The summed E-state index contributed by atoms with van der Waals surface area (Å²) in [5.74, 6) is -0.329. The van der Waals surface area contributed by atoms with Crippen molar-refractivity contribution in [2.24, 2.45) is 5.73 Å². The number of nitrogens with one attached hydrogen (secondary N) is 1. The molecule has 3 N–H and O–H groups in total. The molecule has 0 bridgehead atoms. The molecule has 1 fully saturated rings. The molecule has 0 aliphatic carbocycles. The van der Waals surface area contributed by atoms with Crippen LogP contribution in [0.15, 0.2) is 0 Å². The zero-order valence-electron chi connectivity index (χ0n) is 7.75. The summed E-state index contributed by atoms with van der Waals surface area (Å²) in [6, 6.07) is 0.0190. The van der Waals surface area contributed by atoms with Gasteiger partial charge in [0.2, 0.25) is 11.8 Å². The highest BCUT2D eigenvalue weighted by Gasteiger charge is 2.23. The van der Waals surface area contributed by atoms with Crippen LogP contribution in [0.25, 0.3) is 0 Å². The summed E-state index contributed by atoms with van der Waals surface area (Å²) in [6.07, 6.45) is -0.0513. The lowest BCUT2D eigenvalue weighted by Crippen LogP contribution is -2.40. The third-order valence-electron chi connectivity index (χ3n) is 1.97. The van der Waals surface area contributed by atoms with Gasteiger partial charge in [-0.25, -0.2) is 0 Å². The average Bonchev–Trinajstić information content (AvgIpc) is 2.12. The van der Waals surface area contributed by atoms with Gasteiger partial charge in [0, 0.05) is 25.7 Å². The summed E-state index contributed by atoms with van der Waals surface area (Å²) in [5.41, 5.74) is 5.35. The van der Waals surface area contributed by atoms with Gasteiger partial charge in [-0.3, -0.25) is 9.59 Å². The Bertz CT molecular complexity index is 217. The van der Waals surface area contributed by atoms with Crippen LogP contribution in [-0.2, 0) is 9.59 Å². The van der Waals surface area contributed by atoms with Crippen LogP contribution in [0.4, 0.5) is 0 Å². The third kappa shape index (κ3) is 2.69. The Hall–Kier alpha value is -1.10. The molecule has 0 radical (unpaired) electrons. The van der Waals surface area contributed by atoms with E-state index in [2.05, 4.69) is 5.32 Å². The molecule has 2 amide bonds. The minimum atomic E-state index is -0.197. The Morgan fingerprint density at radius 3 is 2.92 bits per heavy atom. The van der Waals surface area contributed by atoms with Crippen molar-refractivity contribution < 1.29 is 9.59 Å². The van der Waals surface area contributed by atoms with Crippen molar-refractivity contribution in [3.8, 4) is 0 Å². The van der Waals surface area contributed by atoms with Crippen LogP contribution in [0.3, 0.4) is 0 Å². The number of hydrogen-bond acceptors (Lipinski definition) is 3. The molecule has 1 aliphatic heterocycles. The van der Waals surface area contributed by atoms with Gasteiger partial charge in [0.1, 0.15) is 6.42 Å². The SMILES string of the molecule is CC1CN(CCN)C(=O)CC(=O)N1. The smallest absolute Gasteiger partial charge is 0.232 e. The largest absolute Gasteiger partial charge is 0.351 e. The molecule has 0 saturated carbocycles. The van der Waals surface area contributed by atoms with E-state index in [0.29, 0.717) is 19.6 Å². The maximum atomic E-state index is 11.4. The van der Waals surface area contributed by atoms with Gasteiger partial charge in [0.05, 0.1) is 0 Å². The van der Waals surface area contributed by atoms with Crippen LogP contribution >= 0.6 is 0 Å². The highest BCUT2D eigenvalue weighted by atomic mass is 16.2. The Labute approximate surface area is 77.3 Å². The summed E-state index contributed by atoms with van der Waals surface area (Å²) in [7, 11) is 0. The zero-order valence-corrected chi connectivity index (χ0v) is 7.75. The number of amides is 2. The van der Waals surface area contributed by atoms with Crippen molar-refractivity contribution in [1.29, 1.82) is 0 Å². The third-order valence-corrected chi connectivity index (χ3v) is 1.97. The van der Waals surface area contributed by atoms with Gasteiger partial charge in [0.25, 0.3) is 0 Å². The first-order chi connectivity index (χ1) is 6.13. The molecule has 1 heterocycles. The second kappa shape index (κ2) is 4.23. The number of carbonyl (C=O) groups is 2. The van der Waals surface area contributed by atoms with E-state index >= 15 is 0 Å². The van der Waals surface area contributed by atoms with Crippen LogP contribution in [0.2, 0.25) is 0 Å². The predicted molar refractivity (Wildman–Crippen MR) is 47.9 cm³/mol. The quantitative estimate of drug-likeness (QED) is 0.524. The number of rotatable bonds is 2. The summed E-state index contributed by atoms with van der Waals surface area (Å²) in [4.78, 5) is 24.1. The molecule has 1 rings (SSSR count). The minimum Gasteiger partial charge on any atom is -0.351 e. The van der Waals surface area contributed by atoms with E-state index < -0.39 is 0 Å². The maximum Gasteiger partial charge on any atom is 0.232 e. The van der Waals surface area contributed by atoms with Gasteiger partial charge >= 0.3 is 0 Å². The summed E-state index contributed by atoms with van der Waals surface area (Å²) >= 11 is 0. The summed E-state index contributed by atoms with van der Waals surface area (Å²) < 4.78 is 0. The number of nitrogens with zero attached hydrogens (tertiary/aromatic N) is 1. The Morgan fingerprint density at radius 1 is 1.62 bits per heavy atom. The molecule has 1 aliphatic rings. The maximum absolute atomic E-state index is 11.4. The molecule has 74 valence electrons. The monoisotopic (exact) mass is 185 g/mol. The van der Waals surface area contributed by atoms with Crippen molar-refractivity contribution >= 4 is 11.8 Å². The molecule has 13 heavy (non-hydrogen) atoms. The molecular formula is C8H15N3O2. The van der Waals surface area contributed by atoms with Gasteiger partial charge in [-0.15, -0.1) is 0 Å². The predicted octanol–water partition coefficient (Wildman–Crippen LogP) is -1.32. The fraction of sp³-hybridized carbons (Fsp3) is 0.750. The fourth-order valence-electron chi connectivity index (χ4n) is 1.42. The molecule has 5 nitrogen and oxygen atoms in total. The van der Waals surface area contributed by atoms with E-state index in [4.69, 9.17) is 5.73 Å². The average molecular weight is 185 g/mol. The van der Waals surface area contributed by atoms with Crippen molar-refractivity contribution in [3.63, 3.8) is 0 Å². The van der Waals surface area contributed by atoms with Gasteiger partial charge in [0.15, 0.2) is 0 Å². The van der Waals surface area contributed by atoms with Gasteiger partial charge < -0.3 is 16.0 Å². The molecular weight excluding hydrogens is 170 g/mol. The van der Waals surface area contributed by atoms with E-state index in [0.717, 1.165) is 0 Å². The van der Waals surface area contributed by atoms with E-state index in [1.807, 2.05) is 6.92 Å². The highest BCUT2D eigenvalue weighted by Crippen LogP contribution is 2.01. The van der Waals surface area contributed by atoms with Gasteiger partial charge in [-0.2, -0.15) is 0 Å². The van der Waals surface area contributed by atoms with Crippen LogP contribution in [-0.4, -0.2) is 42.4 Å². The highest BCUT2D eigenvalue weighted by molar-refractivity contribution is 5.97. The molecule has 0 aromatic carbocycles. The molecule has 1 saturated heterocycles. The van der Waals surface area contributed by atoms with E-state index in [9.17, 15) is 9.59 Å². The molecule has 0 aromatic heterocycles. The zero-order chi connectivity index (χ0) is 9.84. The van der Waals surface area contributed by atoms with Gasteiger partial charge in [-0.1, -0.05) is 0 Å². The molecule has 0 spiro atoms. The van der Waals surface area contributed by atoms with E-state index in [-0.39, 0.29) is 24.3 Å². The fourth-order valence-corrected chi connectivity index (χ4v) is 1.42. The second-order valence-corrected chi connectivity index (χ2v) is 3.27. The number of hydrogen-bond donors (Lipinski definition) is 2. The van der Waals surface area contributed by atoms with Crippen LogP contribution in [0, 0.1) is 0 Å². The lowest BCUT2D eigenvalue weighted by molar-refractivity contribution is -0.134. The first kappa shape index (κ1) is 9.98. The van der Waals surface area contributed by atoms with Crippen molar-refractivity contribution in [1.82, 2.24) is 10.2 Å². The first-order valence-corrected chi connectivity index (χ1v) is 4.40. The normalized spacial score (nSPS) is 24.2. The van der Waals surface area contributed by atoms with Crippen molar-refractivity contribution in [2.75, 3.05) is 19.6 Å². The number of nitrogens with two attached hydrogens (primary N) is 1. The second-order valence-electron chi connectivity index (χ2n) is 3.27. The van der Waals surface area contributed by atoms with Crippen LogP contribution in [0.5, 0.6) is 0 Å². The Kier molecular flexibility index (Phi) is 3.25. The Morgan fingerprint density at radius 2 is 2.31 bits per heavy atom. The first-order valence-electron chi connectivity index (χ1n) is 4.40. The minimum absolute atomic E-state index is 0.0190. The molecule has 1 atom stereocenters. The molecule has 5 heteroatoms.